The van der Waals surface area contributed by atoms with Gasteiger partial charge in [-0.1, -0.05) is 13.8 Å². The maximum Gasteiger partial charge on any atom is 0.336 e. The van der Waals surface area contributed by atoms with E-state index in [4.69, 9.17) is 21.3 Å². The van der Waals surface area contributed by atoms with Crippen LogP contribution in [0.25, 0.3) is 11.0 Å². The second-order valence-corrected chi connectivity index (χ2v) is 9.78. The molecule has 0 spiro atoms. The van der Waals surface area contributed by atoms with Gasteiger partial charge in [0.1, 0.15) is 17.7 Å². The van der Waals surface area contributed by atoms with Gasteiger partial charge in [-0.15, -0.1) is 0 Å². The third-order valence-corrected chi connectivity index (χ3v) is 6.12. The van der Waals surface area contributed by atoms with E-state index in [0.29, 0.717) is 23.1 Å². The van der Waals surface area contributed by atoms with Gasteiger partial charge in [-0.2, -0.15) is 0 Å². The molecular formula is C26H38N8O7. The summed E-state index contributed by atoms with van der Waals surface area (Å²) in [5.41, 5.74) is 11.8. The molecule has 0 fully saturated rings. The van der Waals surface area contributed by atoms with Crippen molar-refractivity contribution in [2.45, 2.75) is 51.7 Å². The third kappa shape index (κ3) is 10.2. The fourth-order valence-electron chi connectivity index (χ4n) is 3.73. The van der Waals surface area contributed by atoms with Crippen LogP contribution in [0.2, 0.25) is 0 Å². The molecule has 0 aliphatic rings. The van der Waals surface area contributed by atoms with E-state index in [1.54, 1.807) is 32.9 Å². The fraction of sp³-hybridized carbons (Fsp3) is 0.462. The molecule has 0 aliphatic heterocycles. The van der Waals surface area contributed by atoms with Crippen LogP contribution >= 0.6 is 0 Å². The summed E-state index contributed by atoms with van der Waals surface area (Å²) in [7, 11) is 0. The summed E-state index contributed by atoms with van der Waals surface area (Å²) >= 11 is 0. The first-order valence-corrected chi connectivity index (χ1v) is 13.0. The molecule has 11 N–H and O–H groups in total. The minimum Gasteiger partial charge on any atom is -0.423 e. The van der Waals surface area contributed by atoms with Crippen LogP contribution in [0.15, 0.2) is 33.5 Å². The van der Waals surface area contributed by atoms with E-state index in [1.807, 2.05) is 0 Å². The minimum atomic E-state index is -1.33. The lowest BCUT2D eigenvalue weighted by atomic mass is 10.0. The highest BCUT2D eigenvalue weighted by molar-refractivity contribution is 5.99. The number of anilines is 1. The van der Waals surface area contributed by atoms with Gasteiger partial charge in [0.25, 0.3) is 0 Å². The van der Waals surface area contributed by atoms with Gasteiger partial charge in [0.15, 0.2) is 5.96 Å². The van der Waals surface area contributed by atoms with Crippen molar-refractivity contribution in [2.24, 2.45) is 17.4 Å². The molecule has 41 heavy (non-hydrogen) atoms. The standard InChI is InChI=1S/C26H38N8O7/c1-13(2)22(27)25(40)34-18(12-35)23(38)31-11-20(36)33-17(5-4-8-30-26(28)29)24(39)32-15-6-7-16-14(3)9-21(37)41-19(16)10-15/h6-7,9-10,13,17-18,22,35H,4-5,8,11-12,27H2,1-3H3,(H,31,38)(H,32,39)(H,33,36)(H,34,40)(H4,28,29,30). The lowest BCUT2D eigenvalue weighted by molar-refractivity contribution is -0.132. The number of nitrogens with two attached hydrogens (primary N) is 2. The molecule has 0 aliphatic carbocycles. The largest absolute Gasteiger partial charge is 0.423 e. The van der Waals surface area contributed by atoms with Crippen LogP contribution in [-0.4, -0.2) is 72.5 Å². The first-order chi connectivity index (χ1) is 19.3. The van der Waals surface area contributed by atoms with Gasteiger partial charge in [-0.3, -0.25) is 24.6 Å². The molecule has 15 nitrogen and oxygen atoms in total. The fourth-order valence-corrected chi connectivity index (χ4v) is 3.73. The molecule has 1 aromatic heterocycles. The van der Waals surface area contributed by atoms with E-state index in [1.165, 1.54) is 12.1 Å². The van der Waals surface area contributed by atoms with E-state index in [9.17, 15) is 29.1 Å². The van der Waals surface area contributed by atoms with Gasteiger partial charge >= 0.3 is 5.63 Å². The summed E-state index contributed by atoms with van der Waals surface area (Å²) in [5.74, 6) is -3.17. The second kappa shape index (κ2) is 15.3. The van der Waals surface area contributed by atoms with Crippen LogP contribution < -0.4 is 43.7 Å². The van der Waals surface area contributed by atoms with E-state index in [0.717, 1.165) is 0 Å². The zero-order chi connectivity index (χ0) is 30.7. The molecule has 3 unspecified atom stereocenters. The Kier molecular flexibility index (Phi) is 12.2. The highest BCUT2D eigenvalue weighted by Gasteiger charge is 2.26. The maximum atomic E-state index is 13.1. The van der Waals surface area contributed by atoms with E-state index in [2.05, 4.69) is 26.6 Å². The van der Waals surface area contributed by atoms with Crippen LogP contribution in [0.1, 0.15) is 32.3 Å². The Morgan fingerprint density at radius 2 is 1.73 bits per heavy atom. The molecule has 0 saturated heterocycles. The Hall–Kier alpha value is -4.50. The SMILES string of the molecule is Cc1cc(=O)oc2cc(NC(=O)C(CCCNC(=N)N)NC(=O)CNC(=O)C(CO)NC(=O)C(N)C(C)C)ccc12. The molecule has 0 bridgehead atoms. The number of fused-ring (bicyclic) bond motifs is 1. The van der Waals surface area contributed by atoms with Crippen molar-refractivity contribution in [3.8, 4) is 0 Å². The maximum absolute atomic E-state index is 13.1. The quantitative estimate of drug-likeness (QED) is 0.0538. The number of guanidine groups is 1. The highest BCUT2D eigenvalue weighted by Crippen LogP contribution is 2.21. The monoisotopic (exact) mass is 574 g/mol. The first-order valence-electron chi connectivity index (χ1n) is 13.0. The molecule has 3 atom stereocenters. The van der Waals surface area contributed by atoms with Gasteiger partial charge in [0.2, 0.25) is 23.6 Å². The molecule has 0 saturated carbocycles. The number of hydrogen-bond donors (Lipinski definition) is 9. The van der Waals surface area contributed by atoms with E-state index < -0.39 is 60.5 Å². The zero-order valence-electron chi connectivity index (χ0n) is 23.2. The average molecular weight is 575 g/mol. The van der Waals surface area contributed by atoms with Crippen molar-refractivity contribution < 1.29 is 28.7 Å². The van der Waals surface area contributed by atoms with Crippen LogP contribution in [0.3, 0.4) is 0 Å². The number of hydrogen-bond acceptors (Lipinski definition) is 9. The molecule has 2 aromatic rings. The van der Waals surface area contributed by atoms with Crippen LogP contribution in [-0.2, 0) is 19.2 Å². The Labute approximate surface area is 236 Å². The molecule has 224 valence electrons. The van der Waals surface area contributed by atoms with Crippen molar-refractivity contribution in [2.75, 3.05) is 25.0 Å². The minimum absolute atomic E-state index is 0.149. The molecule has 1 heterocycles. The lowest BCUT2D eigenvalue weighted by Crippen LogP contribution is -2.55. The van der Waals surface area contributed by atoms with Gasteiger partial charge in [-0.05, 0) is 43.4 Å². The predicted molar refractivity (Wildman–Crippen MR) is 152 cm³/mol. The normalized spacial score (nSPS) is 13.1. The van der Waals surface area contributed by atoms with Gasteiger partial charge in [0, 0.05) is 29.8 Å². The number of aliphatic hydroxyl groups is 1. The van der Waals surface area contributed by atoms with E-state index in [-0.39, 0.29) is 30.4 Å². The van der Waals surface area contributed by atoms with Crippen molar-refractivity contribution in [3.63, 3.8) is 0 Å². The number of aryl methyl sites for hydroxylation is 1. The molecule has 15 heteroatoms. The molecule has 2 rings (SSSR count). The number of nitrogens with one attached hydrogen (secondary N) is 6. The predicted octanol–water partition coefficient (Wildman–Crippen LogP) is -1.64. The van der Waals surface area contributed by atoms with Crippen LogP contribution in [0.5, 0.6) is 0 Å². The summed E-state index contributed by atoms with van der Waals surface area (Å²) in [6.45, 7) is 4.21. The lowest BCUT2D eigenvalue weighted by Gasteiger charge is -2.21. The van der Waals surface area contributed by atoms with E-state index >= 15 is 0 Å². The van der Waals surface area contributed by atoms with Gasteiger partial charge in [-0.25, -0.2) is 4.79 Å². The second-order valence-electron chi connectivity index (χ2n) is 9.78. The Morgan fingerprint density at radius 1 is 1.02 bits per heavy atom. The summed E-state index contributed by atoms with van der Waals surface area (Å²) < 4.78 is 5.22. The smallest absolute Gasteiger partial charge is 0.336 e. The number of benzene rings is 1. The van der Waals surface area contributed by atoms with Crippen LogP contribution in [0.4, 0.5) is 5.69 Å². The molecule has 0 radical (unpaired) electrons. The molecule has 1 aromatic carbocycles. The highest BCUT2D eigenvalue weighted by atomic mass is 16.4. The van der Waals surface area contributed by atoms with Crippen molar-refractivity contribution in [3.05, 3.63) is 40.2 Å². The topological polar surface area (TPSA) is 255 Å². The van der Waals surface area contributed by atoms with Crippen molar-refractivity contribution in [1.82, 2.24) is 21.3 Å². The summed E-state index contributed by atoms with van der Waals surface area (Å²) in [6, 6.07) is 2.90. The number of aliphatic hydroxyl groups excluding tert-OH is 1. The average Bonchev–Trinajstić information content (AvgIpc) is 2.90. The Balaban J connectivity index is 2.06. The number of rotatable bonds is 14. The Bertz CT molecular complexity index is 1330. The van der Waals surface area contributed by atoms with Crippen LogP contribution in [0, 0.1) is 18.3 Å². The van der Waals surface area contributed by atoms with Crippen molar-refractivity contribution >= 4 is 46.2 Å². The molecule has 4 amide bonds. The third-order valence-electron chi connectivity index (χ3n) is 6.12. The van der Waals surface area contributed by atoms with Gasteiger partial charge in [0.05, 0.1) is 19.2 Å². The number of carbonyl (C=O) groups excluding carboxylic acids is 4. The molecular weight excluding hydrogens is 536 g/mol. The van der Waals surface area contributed by atoms with Gasteiger partial charge < -0.3 is 47.6 Å². The number of carbonyl (C=O) groups is 4. The summed E-state index contributed by atoms with van der Waals surface area (Å²) in [5, 5.41) is 30.0. The van der Waals surface area contributed by atoms with Crippen molar-refractivity contribution in [1.29, 1.82) is 5.41 Å². The Morgan fingerprint density at radius 3 is 2.37 bits per heavy atom. The summed E-state index contributed by atoms with van der Waals surface area (Å²) in [4.78, 5) is 62.1. The first kappa shape index (κ1) is 32.7. The number of amides is 4. The zero-order valence-corrected chi connectivity index (χ0v) is 23.2. The summed E-state index contributed by atoms with van der Waals surface area (Å²) in [6.07, 6.45) is 0.501.